The first-order chi connectivity index (χ1) is 10.0. The van der Waals surface area contributed by atoms with Crippen LogP contribution in [0, 0.1) is 0 Å². The Balaban J connectivity index is 2.35. The standard InChI is InChI=1S/C19H29NO/c1-15(2)9-8-10-16(3)13-14-20-17(4)19(21)18-11-6-5-7-12-18/h5-7,9,11-13,17,19-21H,8,10,14H2,1-4H3/b16-13-/t17-,19-/m0/s1. The summed E-state index contributed by atoms with van der Waals surface area (Å²) in [6, 6.07) is 9.84. The molecule has 2 atom stereocenters. The van der Waals surface area contributed by atoms with Gasteiger partial charge in [-0.25, -0.2) is 0 Å². The molecule has 1 aromatic rings. The largest absolute Gasteiger partial charge is 0.387 e. The average molecular weight is 287 g/mol. The Hall–Kier alpha value is -1.38. The fourth-order valence-corrected chi connectivity index (χ4v) is 2.16. The van der Waals surface area contributed by atoms with Gasteiger partial charge in [-0.1, -0.05) is 53.6 Å². The van der Waals surface area contributed by atoms with Gasteiger partial charge in [-0.15, -0.1) is 0 Å². The zero-order chi connectivity index (χ0) is 15.7. The van der Waals surface area contributed by atoms with Gasteiger partial charge in [0.15, 0.2) is 0 Å². The highest BCUT2D eigenvalue weighted by Crippen LogP contribution is 2.16. The molecule has 21 heavy (non-hydrogen) atoms. The van der Waals surface area contributed by atoms with Crippen LogP contribution >= 0.6 is 0 Å². The highest BCUT2D eigenvalue weighted by molar-refractivity contribution is 5.18. The first kappa shape index (κ1) is 17.7. The second-order valence-corrected chi connectivity index (χ2v) is 5.92. The molecule has 0 spiro atoms. The molecular formula is C19H29NO. The van der Waals surface area contributed by atoms with Crippen molar-refractivity contribution in [3.63, 3.8) is 0 Å². The van der Waals surface area contributed by atoms with Crippen LogP contribution in [0.4, 0.5) is 0 Å². The zero-order valence-corrected chi connectivity index (χ0v) is 13.8. The Morgan fingerprint density at radius 2 is 1.81 bits per heavy atom. The number of rotatable bonds is 8. The number of hydrogen-bond acceptors (Lipinski definition) is 2. The third-order valence-electron chi connectivity index (χ3n) is 3.60. The van der Waals surface area contributed by atoms with Crippen molar-refractivity contribution >= 4 is 0 Å². The Labute approximate surface area is 129 Å². The molecule has 0 saturated carbocycles. The summed E-state index contributed by atoms with van der Waals surface area (Å²) >= 11 is 0. The molecule has 0 bridgehead atoms. The fraction of sp³-hybridized carbons (Fsp3) is 0.474. The maximum absolute atomic E-state index is 10.3. The Morgan fingerprint density at radius 1 is 1.14 bits per heavy atom. The summed E-state index contributed by atoms with van der Waals surface area (Å²) in [6.07, 6.45) is 6.22. The SMILES string of the molecule is CC(C)=CCC/C(C)=C\CN[C@@H](C)[C@H](O)c1ccccc1. The van der Waals surface area contributed by atoms with E-state index in [1.165, 1.54) is 11.1 Å². The molecule has 0 heterocycles. The van der Waals surface area contributed by atoms with Gasteiger partial charge in [-0.05, 0) is 46.1 Å². The van der Waals surface area contributed by atoms with Crippen LogP contribution in [0.2, 0.25) is 0 Å². The van der Waals surface area contributed by atoms with E-state index in [9.17, 15) is 5.11 Å². The molecule has 0 amide bonds. The number of aliphatic hydroxyl groups is 1. The second-order valence-electron chi connectivity index (χ2n) is 5.92. The van der Waals surface area contributed by atoms with E-state index in [2.05, 4.69) is 38.2 Å². The van der Waals surface area contributed by atoms with Gasteiger partial charge in [-0.2, -0.15) is 0 Å². The molecule has 0 saturated heterocycles. The normalized spacial score (nSPS) is 14.6. The molecule has 1 rings (SSSR count). The van der Waals surface area contributed by atoms with Gasteiger partial charge in [-0.3, -0.25) is 0 Å². The predicted octanol–water partition coefficient (Wildman–Crippen LogP) is 4.39. The van der Waals surface area contributed by atoms with Gasteiger partial charge in [0, 0.05) is 12.6 Å². The molecule has 0 aliphatic heterocycles. The third-order valence-corrected chi connectivity index (χ3v) is 3.60. The molecule has 116 valence electrons. The van der Waals surface area contributed by atoms with Crippen LogP contribution in [0.25, 0.3) is 0 Å². The lowest BCUT2D eigenvalue weighted by atomic mass is 10.0. The monoisotopic (exact) mass is 287 g/mol. The van der Waals surface area contributed by atoms with Crippen LogP contribution in [0.3, 0.4) is 0 Å². The number of benzene rings is 1. The van der Waals surface area contributed by atoms with Crippen molar-refractivity contribution in [1.82, 2.24) is 5.32 Å². The van der Waals surface area contributed by atoms with Gasteiger partial charge >= 0.3 is 0 Å². The van der Waals surface area contributed by atoms with Crippen molar-refractivity contribution in [2.24, 2.45) is 0 Å². The number of hydrogen-bond donors (Lipinski definition) is 2. The topological polar surface area (TPSA) is 32.3 Å². The van der Waals surface area contributed by atoms with E-state index in [1.807, 2.05) is 37.3 Å². The first-order valence-electron chi connectivity index (χ1n) is 7.76. The van der Waals surface area contributed by atoms with E-state index in [1.54, 1.807) is 0 Å². The first-order valence-corrected chi connectivity index (χ1v) is 7.76. The predicted molar refractivity (Wildman–Crippen MR) is 91.3 cm³/mol. The Morgan fingerprint density at radius 3 is 2.43 bits per heavy atom. The summed E-state index contributed by atoms with van der Waals surface area (Å²) in [6.45, 7) is 9.25. The highest BCUT2D eigenvalue weighted by Gasteiger charge is 2.14. The van der Waals surface area contributed by atoms with Gasteiger partial charge in [0.25, 0.3) is 0 Å². The molecule has 0 fully saturated rings. The van der Waals surface area contributed by atoms with Gasteiger partial charge in [0.2, 0.25) is 0 Å². The quantitative estimate of drug-likeness (QED) is 0.695. The van der Waals surface area contributed by atoms with Crippen molar-refractivity contribution in [2.45, 2.75) is 52.7 Å². The minimum atomic E-state index is -0.467. The average Bonchev–Trinajstić information content (AvgIpc) is 2.46. The summed E-state index contributed by atoms with van der Waals surface area (Å²) in [5.41, 5.74) is 3.73. The van der Waals surface area contributed by atoms with E-state index < -0.39 is 6.10 Å². The van der Waals surface area contributed by atoms with Gasteiger partial charge in [0.1, 0.15) is 0 Å². The van der Waals surface area contributed by atoms with Crippen molar-refractivity contribution in [1.29, 1.82) is 0 Å². The summed E-state index contributed by atoms with van der Waals surface area (Å²) in [5.74, 6) is 0. The van der Waals surface area contributed by atoms with E-state index >= 15 is 0 Å². The van der Waals surface area contributed by atoms with E-state index in [-0.39, 0.29) is 6.04 Å². The summed E-state index contributed by atoms with van der Waals surface area (Å²) in [4.78, 5) is 0. The number of allylic oxidation sites excluding steroid dienone is 3. The minimum absolute atomic E-state index is 0.0363. The van der Waals surface area contributed by atoms with Crippen LogP contribution in [-0.2, 0) is 0 Å². The van der Waals surface area contributed by atoms with E-state index in [0.29, 0.717) is 0 Å². The lowest BCUT2D eigenvalue weighted by molar-refractivity contribution is 0.138. The summed E-state index contributed by atoms with van der Waals surface area (Å²) in [7, 11) is 0. The molecule has 2 N–H and O–H groups in total. The van der Waals surface area contributed by atoms with Gasteiger partial charge in [0.05, 0.1) is 6.10 Å². The van der Waals surface area contributed by atoms with E-state index in [0.717, 1.165) is 24.9 Å². The second kappa shape index (κ2) is 9.54. The van der Waals surface area contributed by atoms with Crippen LogP contribution in [0.15, 0.2) is 53.6 Å². The smallest absolute Gasteiger partial charge is 0.0940 e. The maximum Gasteiger partial charge on any atom is 0.0940 e. The lowest BCUT2D eigenvalue weighted by Gasteiger charge is -2.20. The van der Waals surface area contributed by atoms with Crippen LogP contribution in [0.5, 0.6) is 0 Å². The maximum atomic E-state index is 10.3. The van der Waals surface area contributed by atoms with Crippen molar-refractivity contribution in [2.75, 3.05) is 6.54 Å². The highest BCUT2D eigenvalue weighted by atomic mass is 16.3. The molecule has 2 heteroatoms. The van der Waals surface area contributed by atoms with Crippen LogP contribution in [0.1, 0.15) is 52.2 Å². The van der Waals surface area contributed by atoms with Crippen molar-refractivity contribution in [3.05, 3.63) is 59.2 Å². The molecular weight excluding hydrogens is 258 g/mol. The summed E-state index contributed by atoms with van der Waals surface area (Å²) < 4.78 is 0. The third kappa shape index (κ3) is 7.26. The van der Waals surface area contributed by atoms with Gasteiger partial charge < -0.3 is 10.4 Å². The molecule has 0 aliphatic rings. The Kier molecular flexibility index (Phi) is 8.03. The van der Waals surface area contributed by atoms with Crippen LogP contribution < -0.4 is 5.32 Å². The fourth-order valence-electron chi connectivity index (χ4n) is 2.16. The zero-order valence-electron chi connectivity index (χ0n) is 13.8. The number of aliphatic hydroxyl groups excluding tert-OH is 1. The van der Waals surface area contributed by atoms with Crippen LogP contribution in [-0.4, -0.2) is 17.7 Å². The van der Waals surface area contributed by atoms with E-state index in [4.69, 9.17) is 0 Å². The number of nitrogens with one attached hydrogen (secondary N) is 1. The molecule has 0 unspecified atom stereocenters. The summed E-state index contributed by atoms with van der Waals surface area (Å²) in [5, 5.41) is 13.6. The lowest BCUT2D eigenvalue weighted by Crippen LogP contribution is -2.32. The van der Waals surface area contributed by atoms with Crippen molar-refractivity contribution in [3.8, 4) is 0 Å². The molecule has 1 aromatic carbocycles. The molecule has 2 nitrogen and oxygen atoms in total. The molecule has 0 aromatic heterocycles. The Bertz CT molecular complexity index is 458. The minimum Gasteiger partial charge on any atom is -0.387 e. The molecule has 0 aliphatic carbocycles. The van der Waals surface area contributed by atoms with Crippen molar-refractivity contribution < 1.29 is 5.11 Å². The molecule has 0 radical (unpaired) electrons.